The standard InChI is InChI=1S/C24H30F2N2O3/c25-23-19-3-1-4-20(23)16-28-8-10-30-12-14-31-13-11-29-9-7-27(15-19)17-21-5-2-6-22(18-28)24(21)26/h1-6H,7-18H2. The Morgan fingerprint density at radius 3 is 1.19 bits per heavy atom. The summed E-state index contributed by atoms with van der Waals surface area (Å²) in [6.07, 6.45) is 0. The second-order valence-electron chi connectivity index (χ2n) is 8.04. The first-order chi connectivity index (χ1) is 15.2. The highest BCUT2D eigenvalue weighted by Gasteiger charge is 2.20. The molecule has 0 aliphatic carbocycles. The smallest absolute Gasteiger partial charge is 0.132 e. The predicted octanol–water partition coefficient (Wildman–Crippen LogP) is 3.35. The van der Waals surface area contributed by atoms with Gasteiger partial charge in [0.25, 0.3) is 0 Å². The van der Waals surface area contributed by atoms with Crippen LogP contribution in [0.1, 0.15) is 22.3 Å². The Kier molecular flexibility index (Phi) is 7.99. The predicted molar refractivity (Wildman–Crippen MR) is 113 cm³/mol. The lowest BCUT2D eigenvalue weighted by Crippen LogP contribution is -2.31. The van der Waals surface area contributed by atoms with Crippen LogP contribution in [-0.2, 0) is 40.4 Å². The van der Waals surface area contributed by atoms with Crippen LogP contribution in [-0.4, -0.2) is 62.5 Å². The first-order valence-electron chi connectivity index (χ1n) is 10.9. The molecule has 7 heteroatoms. The maximum atomic E-state index is 15.3. The monoisotopic (exact) mass is 432 g/mol. The van der Waals surface area contributed by atoms with Gasteiger partial charge in [0.15, 0.2) is 0 Å². The van der Waals surface area contributed by atoms with Gasteiger partial charge in [-0.25, -0.2) is 8.78 Å². The van der Waals surface area contributed by atoms with E-state index in [1.807, 2.05) is 46.2 Å². The van der Waals surface area contributed by atoms with Crippen LogP contribution in [0.2, 0.25) is 0 Å². The highest BCUT2D eigenvalue weighted by Crippen LogP contribution is 2.23. The van der Waals surface area contributed by atoms with E-state index in [2.05, 4.69) is 0 Å². The van der Waals surface area contributed by atoms with Crippen LogP contribution in [0.25, 0.3) is 0 Å². The van der Waals surface area contributed by atoms with Crippen molar-refractivity contribution in [1.82, 2.24) is 9.80 Å². The maximum Gasteiger partial charge on any atom is 0.132 e. The van der Waals surface area contributed by atoms with Crippen LogP contribution >= 0.6 is 0 Å². The zero-order valence-corrected chi connectivity index (χ0v) is 17.8. The molecule has 2 aromatic carbocycles. The van der Waals surface area contributed by atoms with E-state index in [4.69, 9.17) is 14.2 Å². The summed E-state index contributed by atoms with van der Waals surface area (Å²) in [4.78, 5) is 4.09. The number of rotatable bonds is 0. The van der Waals surface area contributed by atoms with Crippen LogP contribution in [0, 0.1) is 11.6 Å². The van der Waals surface area contributed by atoms with Crippen molar-refractivity contribution >= 4 is 0 Å². The summed E-state index contributed by atoms with van der Waals surface area (Å²) < 4.78 is 47.6. The number of benzene rings is 2. The molecule has 0 radical (unpaired) electrons. The second-order valence-corrected chi connectivity index (χ2v) is 8.04. The van der Waals surface area contributed by atoms with Crippen molar-refractivity contribution < 1.29 is 23.0 Å². The summed E-state index contributed by atoms with van der Waals surface area (Å²) in [6.45, 7) is 5.63. The zero-order chi connectivity index (χ0) is 21.5. The topological polar surface area (TPSA) is 34.2 Å². The van der Waals surface area contributed by atoms with Crippen molar-refractivity contribution in [1.29, 1.82) is 0 Å². The molecule has 0 aromatic heterocycles. The summed E-state index contributed by atoms with van der Waals surface area (Å²) in [7, 11) is 0. The van der Waals surface area contributed by atoms with Crippen LogP contribution < -0.4 is 0 Å². The van der Waals surface area contributed by atoms with Crippen molar-refractivity contribution in [3.8, 4) is 0 Å². The highest BCUT2D eigenvalue weighted by atomic mass is 19.1. The fraction of sp³-hybridized carbons (Fsp3) is 0.500. The van der Waals surface area contributed by atoms with E-state index >= 15 is 8.78 Å². The molecular formula is C24H30F2N2O3. The van der Waals surface area contributed by atoms with E-state index in [-0.39, 0.29) is 11.6 Å². The lowest BCUT2D eigenvalue weighted by molar-refractivity contribution is 0.00516. The second kappa shape index (κ2) is 11.1. The number of halogens is 2. The quantitative estimate of drug-likeness (QED) is 0.638. The van der Waals surface area contributed by atoms with Crippen molar-refractivity contribution in [2.24, 2.45) is 0 Å². The lowest BCUT2D eigenvalue weighted by Gasteiger charge is -2.27. The van der Waals surface area contributed by atoms with Gasteiger partial charge in [-0.3, -0.25) is 9.80 Å². The molecule has 0 saturated heterocycles. The average molecular weight is 433 g/mol. The first-order valence-corrected chi connectivity index (χ1v) is 10.9. The molecule has 0 saturated carbocycles. The summed E-state index contributed by atoms with van der Waals surface area (Å²) in [5, 5.41) is 0. The van der Waals surface area contributed by atoms with Gasteiger partial charge in [-0.2, -0.15) is 0 Å². The van der Waals surface area contributed by atoms with E-state index in [0.29, 0.717) is 101 Å². The summed E-state index contributed by atoms with van der Waals surface area (Å²) in [5.74, 6) is -0.364. The molecule has 2 aliphatic rings. The molecule has 6 bridgehead atoms. The number of ether oxygens (including phenoxy) is 3. The van der Waals surface area contributed by atoms with Gasteiger partial charge in [-0.1, -0.05) is 36.4 Å². The van der Waals surface area contributed by atoms with Crippen molar-refractivity contribution in [2.75, 3.05) is 52.7 Å². The molecule has 0 atom stereocenters. The third-order valence-electron chi connectivity index (χ3n) is 5.74. The Morgan fingerprint density at radius 1 is 0.516 bits per heavy atom. The number of hydrogen-bond donors (Lipinski definition) is 0. The zero-order valence-electron chi connectivity index (χ0n) is 17.8. The lowest BCUT2D eigenvalue weighted by atomic mass is 10.0. The molecule has 0 fully saturated rings. The van der Waals surface area contributed by atoms with Crippen LogP contribution in [0.4, 0.5) is 8.78 Å². The van der Waals surface area contributed by atoms with E-state index < -0.39 is 0 Å². The minimum absolute atomic E-state index is 0.182. The average Bonchev–Trinajstić information content (AvgIpc) is 2.75. The highest BCUT2D eigenvalue weighted by molar-refractivity contribution is 5.29. The van der Waals surface area contributed by atoms with Crippen LogP contribution in [0.3, 0.4) is 0 Å². The molecule has 31 heavy (non-hydrogen) atoms. The Labute approximate surface area is 182 Å². The van der Waals surface area contributed by atoms with Crippen molar-refractivity contribution in [3.05, 3.63) is 70.3 Å². The van der Waals surface area contributed by atoms with Gasteiger partial charge < -0.3 is 14.2 Å². The third kappa shape index (κ3) is 6.08. The van der Waals surface area contributed by atoms with Crippen LogP contribution in [0.5, 0.6) is 0 Å². The Bertz CT molecular complexity index is 747. The molecule has 2 aliphatic heterocycles. The van der Waals surface area contributed by atoms with Gasteiger partial charge in [0.1, 0.15) is 11.6 Å². The Hall–Kier alpha value is -1.90. The maximum absolute atomic E-state index is 15.3. The molecule has 2 aromatic rings. The molecule has 0 N–H and O–H groups in total. The molecule has 0 spiro atoms. The molecule has 0 unspecified atom stereocenters. The fourth-order valence-corrected chi connectivity index (χ4v) is 4.08. The normalized spacial score (nSPS) is 23.8. The Morgan fingerprint density at radius 2 is 0.839 bits per heavy atom. The number of nitrogens with zero attached hydrogens (tertiary/aromatic N) is 2. The fourth-order valence-electron chi connectivity index (χ4n) is 4.08. The summed E-state index contributed by atoms with van der Waals surface area (Å²) >= 11 is 0. The molecule has 2 heterocycles. The number of fused-ring (bicyclic) bond motifs is 4. The molecular weight excluding hydrogens is 402 g/mol. The molecule has 5 nitrogen and oxygen atoms in total. The van der Waals surface area contributed by atoms with E-state index in [1.54, 1.807) is 0 Å². The Balaban J connectivity index is 1.69. The third-order valence-corrected chi connectivity index (χ3v) is 5.74. The van der Waals surface area contributed by atoms with Gasteiger partial charge in [-0.15, -0.1) is 0 Å². The van der Waals surface area contributed by atoms with Crippen molar-refractivity contribution in [3.63, 3.8) is 0 Å². The largest absolute Gasteiger partial charge is 0.378 e. The first kappa shape index (κ1) is 22.3. The van der Waals surface area contributed by atoms with Gasteiger partial charge in [0.2, 0.25) is 0 Å². The molecule has 168 valence electrons. The minimum Gasteiger partial charge on any atom is -0.378 e. The molecule has 0 amide bonds. The van der Waals surface area contributed by atoms with Gasteiger partial charge >= 0.3 is 0 Å². The summed E-state index contributed by atoms with van der Waals surface area (Å²) in [6, 6.07) is 11.0. The van der Waals surface area contributed by atoms with Crippen LogP contribution in [0.15, 0.2) is 36.4 Å². The number of hydrogen-bond acceptors (Lipinski definition) is 5. The van der Waals surface area contributed by atoms with E-state index in [9.17, 15) is 0 Å². The molecule has 4 rings (SSSR count). The van der Waals surface area contributed by atoms with E-state index in [1.165, 1.54) is 0 Å². The summed E-state index contributed by atoms with van der Waals surface area (Å²) in [5.41, 5.74) is 2.48. The van der Waals surface area contributed by atoms with Crippen molar-refractivity contribution in [2.45, 2.75) is 26.2 Å². The minimum atomic E-state index is -0.182. The van der Waals surface area contributed by atoms with E-state index in [0.717, 1.165) is 0 Å². The van der Waals surface area contributed by atoms with Gasteiger partial charge in [-0.05, 0) is 0 Å². The van der Waals surface area contributed by atoms with Gasteiger partial charge in [0, 0.05) is 61.5 Å². The van der Waals surface area contributed by atoms with Gasteiger partial charge in [0.05, 0.1) is 39.6 Å². The SMILES string of the molecule is Fc1c2cccc1CN1CCOCCOCCOCCN(C2)Cc2cccc(c2F)C1.